The molecule has 1 aromatic rings. The molecule has 0 aliphatic carbocycles. The number of nitrogens with one attached hydrogen (secondary N) is 1. The van der Waals surface area contributed by atoms with Crippen LogP contribution in [0.1, 0.15) is 18.5 Å². The van der Waals surface area contributed by atoms with Crippen molar-refractivity contribution >= 4 is 5.82 Å². The third-order valence-electron chi connectivity index (χ3n) is 2.77. The van der Waals surface area contributed by atoms with E-state index in [0.29, 0.717) is 0 Å². The number of alkyl halides is 3. The van der Waals surface area contributed by atoms with Crippen LogP contribution in [0.5, 0.6) is 0 Å². The molecule has 19 heavy (non-hydrogen) atoms. The first-order valence-corrected chi connectivity index (χ1v) is 5.93. The Morgan fingerprint density at radius 1 is 1.42 bits per heavy atom. The molecule has 0 aromatic carbocycles. The van der Waals surface area contributed by atoms with E-state index in [-0.39, 0.29) is 25.0 Å². The number of pyridine rings is 1. The number of hydrogen-bond acceptors (Lipinski definition) is 4. The Bertz CT molecular complexity index is 381. The second-order valence-electron chi connectivity index (χ2n) is 4.22. The molecule has 108 valence electrons. The van der Waals surface area contributed by atoms with Crippen LogP contribution < -0.4 is 10.2 Å². The van der Waals surface area contributed by atoms with Crippen LogP contribution in [-0.2, 0) is 0 Å². The van der Waals surface area contributed by atoms with Gasteiger partial charge in [-0.25, -0.2) is 4.98 Å². The molecule has 1 atom stereocenters. The second-order valence-corrected chi connectivity index (χ2v) is 4.22. The fourth-order valence-corrected chi connectivity index (χ4v) is 1.62. The maximum Gasteiger partial charge on any atom is 0.405 e. The standard InChI is InChI=1S/C12H18F3N3O/c1-9(16-2)10-3-4-11(17-7-10)18(5-6-19)8-12(13,14)15/h3-4,7,9,16,19H,5-6,8H2,1-2H3. The molecule has 1 unspecified atom stereocenters. The summed E-state index contributed by atoms with van der Waals surface area (Å²) in [6.45, 7) is 0.346. The topological polar surface area (TPSA) is 48.4 Å². The minimum absolute atomic E-state index is 0.0791. The van der Waals surface area contributed by atoms with Crippen LogP contribution in [0.25, 0.3) is 0 Å². The van der Waals surface area contributed by atoms with Crippen molar-refractivity contribution in [3.05, 3.63) is 23.9 Å². The third kappa shape index (κ3) is 5.04. The second kappa shape index (κ2) is 6.72. The summed E-state index contributed by atoms with van der Waals surface area (Å²) in [5.41, 5.74) is 0.891. The SMILES string of the molecule is CNC(C)c1ccc(N(CCO)CC(F)(F)F)nc1. The lowest BCUT2D eigenvalue weighted by atomic mass is 10.1. The average molecular weight is 277 g/mol. The lowest BCUT2D eigenvalue weighted by Gasteiger charge is -2.24. The number of aromatic nitrogens is 1. The van der Waals surface area contributed by atoms with Gasteiger partial charge in [0.25, 0.3) is 0 Å². The van der Waals surface area contributed by atoms with Gasteiger partial charge in [0.2, 0.25) is 0 Å². The maximum absolute atomic E-state index is 12.4. The Morgan fingerprint density at radius 2 is 2.11 bits per heavy atom. The molecule has 0 aliphatic rings. The summed E-state index contributed by atoms with van der Waals surface area (Å²) in [4.78, 5) is 5.03. The first-order chi connectivity index (χ1) is 8.87. The summed E-state index contributed by atoms with van der Waals surface area (Å²) in [7, 11) is 1.79. The first kappa shape index (κ1) is 15.7. The highest BCUT2D eigenvalue weighted by Crippen LogP contribution is 2.21. The van der Waals surface area contributed by atoms with E-state index in [1.165, 1.54) is 12.3 Å². The van der Waals surface area contributed by atoms with Crippen LogP contribution in [-0.4, -0.2) is 43.0 Å². The number of nitrogens with zero attached hydrogens (tertiary/aromatic N) is 2. The van der Waals surface area contributed by atoms with Crippen LogP contribution in [0.2, 0.25) is 0 Å². The largest absolute Gasteiger partial charge is 0.405 e. The van der Waals surface area contributed by atoms with Crippen LogP contribution in [0.3, 0.4) is 0 Å². The monoisotopic (exact) mass is 277 g/mol. The molecule has 0 spiro atoms. The number of aliphatic hydroxyl groups excluding tert-OH is 1. The molecule has 0 saturated carbocycles. The van der Waals surface area contributed by atoms with Crippen molar-refractivity contribution in [2.75, 3.05) is 31.6 Å². The summed E-state index contributed by atoms with van der Waals surface area (Å²) in [6, 6.07) is 3.34. The smallest absolute Gasteiger partial charge is 0.395 e. The van der Waals surface area contributed by atoms with Gasteiger partial charge >= 0.3 is 6.18 Å². The maximum atomic E-state index is 12.4. The fraction of sp³-hybridized carbons (Fsp3) is 0.583. The van der Waals surface area contributed by atoms with Crippen LogP contribution in [0.15, 0.2) is 18.3 Å². The van der Waals surface area contributed by atoms with Crippen molar-refractivity contribution in [2.24, 2.45) is 0 Å². The molecule has 1 aromatic heterocycles. The van der Waals surface area contributed by atoms with Gasteiger partial charge in [0, 0.05) is 18.8 Å². The van der Waals surface area contributed by atoms with Crippen molar-refractivity contribution in [1.29, 1.82) is 0 Å². The van der Waals surface area contributed by atoms with Crippen molar-refractivity contribution in [1.82, 2.24) is 10.3 Å². The normalized spacial score (nSPS) is 13.4. The lowest BCUT2D eigenvalue weighted by Crippen LogP contribution is -2.36. The Balaban J connectivity index is 2.85. The van der Waals surface area contributed by atoms with E-state index in [0.717, 1.165) is 10.5 Å². The van der Waals surface area contributed by atoms with Gasteiger partial charge in [-0.2, -0.15) is 13.2 Å². The van der Waals surface area contributed by atoms with Crippen molar-refractivity contribution in [2.45, 2.75) is 19.1 Å². The zero-order chi connectivity index (χ0) is 14.5. The molecule has 0 fully saturated rings. The summed E-state index contributed by atoms with van der Waals surface area (Å²) >= 11 is 0. The van der Waals surface area contributed by atoms with Gasteiger partial charge in [-0.15, -0.1) is 0 Å². The number of aliphatic hydroxyl groups is 1. The molecule has 7 heteroatoms. The molecule has 0 saturated heterocycles. The van der Waals surface area contributed by atoms with E-state index in [4.69, 9.17) is 5.11 Å². The van der Waals surface area contributed by atoms with Crippen molar-refractivity contribution in [3.8, 4) is 0 Å². The minimum atomic E-state index is -4.33. The predicted molar refractivity (Wildman–Crippen MR) is 67.1 cm³/mol. The number of halogens is 3. The first-order valence-electron chi connectivity index (χ1n) is 5.93. The quantitative estimate of drug-likeness (QED) is 0.831. The summed E-state index contributed by atoms with van der Waals surface area (Å²) < 4.78 is 37.2. The Labute approximate surface area is 110 Å². The van der Waals surface area contributed by atoms with E-state index < -0.39 is 12.7 Å². The van der Waals surface area contributed by atoms with Gasteiger partial charge < -0.3 is 15.3 Å². The molecule has 1 rings (SSSR count). The Hall–Kier alpha value is -1.34. The van der Waals surface area contributed by atoms with Gasteiger partial charge in [-0.05, 0) is 25.6 Å². The predicted octanol–water partition coefficient (Wildman–Crippen LogP) is 1.72. The number of rotatable bonds is 6. The van der Waals surface area contributed by atoms with Gasteiger partial charge in [-0.1, -0.05) is 6.07 Å². The van der Waals surface area contributed by atoms with E-state index >= 15 is 0 Å². The highest BCUT2D eigenvalue weighted by molar-refractivity contribution is 5.40. The van der Waals surface area contributed by atoms with Gasteiger partial charge in [0.15, 0.2) is 0 Å². The van der Waals surface area contributed by atoms with E-state index in [2.05, 4.69) is 10.3 Å². The molecule has 0 amide bonds. The molecule has 0 bridgehead atoms. The summed E-state index contributed by atoms with van der Waals surface area (Å²) in [5.74, 6) is 0.207. The summed E-state index contributed by atoms with van der Waals surface area (Å²) in [6.07, 6.45) is -2.79. The van der Waals surface area contributed by atoms with Crippen LogP contribution in [0.4, 0.5) is 19.0 Å². The molecule has 2 N–H and O–H groups in total. The highest BCUT2D eigenvalue weighted by atomic mass is 19.4. The van der Waals surface area contributed by atoms with Gasteiger partial charge in [-0.3, -0.25) is 0 Å². The van der Waals surface area contributed by atoms with Crippen molar-refractivity contribution in [3.63, 3.8) is 0 Å². The number of anilines is 1. The Morgan fingerprint density at radius 3 is 2.53 bits per heavy atom. The average Bonchev–Trinajstić information content (AvgIpc) is 2.36. The van der Waals surface area contributed by atoms with Gasteiger partial charge in [0.1, 0.15) is 12.4 Å². The molecule has 1 heterocycles. The van der Waals surface area contributed by atoms with E-state index in [9.17, 15) is 13.2 Å². The molecule has 4 nitrogen and oxygen atoms in total. The summed E-state index contributed by atoms with van der Waals surface area (Å²) in [5, 5.41) is 11.8. The Kier molecular flexibility index (Phi) is 5.56. The molecular weight excluding hydrogens is 259 g/mol. The van der Waals surface area contributed by atoms with Crippen LogP contribution >= 0.6 is 0 Å². The molecule has 0 aliphatic heterocycles. The minimum Gasteiger partial charge on any atom is -0.395 e. The zero-order valence-electron chi connectivity index (χ0n) is 10.9. The van der Waals surface area contributed by atoms with E-state index in [1.807, 2.05) is 6.92 Å². The molecule has 0 radical (unpaired) electrons. The van der Waals surface area contributed by atoms with Crippen molar-refractivity contribution < 1.29 is 18.3 Å². The van der Waals surface area contributed by atoms with E-state index in [1.54, 1.807) is 13.1 Å². The fourth-order valence-electron chi connectivity index (χ4n) is 1.62. The zero-order valence-corrected chi connectivity index (χ0v) is 10.9. The lowest BCUT2D eigenvalue weighted by molar-refractivity contribution is -0.120. The number of hydrogen-bond donors (Lipinski definition) is 2. The molecular formula is C12H18F3N3O. The third-order valence-corrected chi connectivity index (χ3v) is 2.77. The van der Waals surface area contributed by atoms with Gasteiger partial charge in [0.05, 0.1) is 6.61 Å². The van der Waals surface area contributed by atoms with Crippen LogP contribution in [0, 0.1) is 0 Å². The highest BCUT2D eigenvalue weighted by Gasteiger charge is 2.31.